The summed E-state index contributed by atoms with van der Waals surface area (Å²) in [7, 11) is 0. The minimum atomic E-state index is 0.254. The van der Waals surface area contributed by atoms with Crippen LogP contribution in [-0.2, 0) is 0 Å². The smallest absolute Gasteiger partial charge is 0.0461 e. The molecule has 0 aliphatic carbocycles. The van der Waals surface area contributed by atoms with E-state index in [1.165, 1.54) is 49.7 Å². The van der Waals surface area contributed by atoms with E-state index in [2.05, 4.69) is 200 Å². The number of hydrogen-bond donors (Lipinski definition) is 0. The van der Waals surface area contributed by atoms with Crippen LogP contribution in [0.4, 0.5) is 11.4 Å². The lowest BCUT2D eigenvalue weighted by Gasteiger charge is -2.23. The maximum absolute atomic E-state index is 4.12. The van der Waals surface area contributed by atoms with Gasteiger partial charge in [0.1, 0.15) is 0 Å². The molecule has 0 radical (unpaired) electrons. The summed E-state index contributed by atoms with van der Waals surface area (Å²) in [6.07, 6.45) is 7.37. The average molecular weight is 604 g/mol. The lowest BCUT2D eigenvalue weighted by Crippen LogP contribution is -2.09. The van der Waals surface area contributed by atoms with Crippen molar-refractivity contribution >= 4 is 22.1 Å². The number of hydrogen-bond acceptors (Lipinski definition) is 1. The fraction of sp³-hybridized carbons (Fsp3) is 0.0435. The Hall–Kier alpha value is -5.92. The maximum atomic E-state index is 4.12. The second kappa shape index (κ2) is 14.0. The summed E-state index contributed by atoms with van der Waals surface area (Å²) in [5.74, 6) is 0.254. The van der Waals surface area contributed by atoms with Crippen molar-refractivity contribution in [2.75, 3.05) is 4.90 Å². The summed E-state index contributed by atoms with van der Waals surface area (Å²) in [5.41, 5.74) is 10.8. The molecule has 0 N–H and O–H groups in total. The van der Waals surface area contributed by atoms with Crippen LogP contribution in [0.1, 0.15) is 17.9 Å². The third kappa shape index (κ3) is 6.57. The second-order valence-corrected chi connectivity index (χ2v) is 11.8. The van der Waals surface area contributed by atoms with Gasteiger partial charge in [-0.1, -0.05) is 164 Å². The molecule has 0 fully saturated rings. The van der Waals surface area contributed by atoms with E-state index in [0.717, 1.165) is 17.8 Å². The Morgan fingerprint density at radius 1 is 0.489 bits per heavy atom. The van der Waals surface area contributed by atoms with Crippen molar-refractivity contribution in [2.45, 2.75) is 12.3 Å². The van der Waals surface area contributed by atoms with Gasteiger partial charge in [0.15, 0.2) is 0 Å². The molecule has 226 valence electrons. The summed E-state index contributed by atoms with van der Waals surface area (Å²) >= 11 is 0. The van der Waals surface area contributed by atoms with Crippen LogP contribution in [0.3, 0.4) is 0 Å². The first-order valence-electron chi connectivity index (χ1n) is 16.2. The third-order valence-electron chi connectivity index (χ3n) is 8.85. The van der Waals surface area contributed by atoms with Gasteiger partial charge in [0.25, 0.3) is 0 Å². The number of allylic oxidation sites excluding steroid dienone is 2. The summed E-state index contributed by atoms with van der Waals surface area (Å²) in [6, 6.07) is 62.8. The standard InChI is InChI=1S/C46H37N/c1-2-35(36-16-6-3-7-17-36)22-15-33-47(41-23-10-5-11-24-41)42-31-32-45(46(34-42)38-18-8-4-9-19-38)40-29-27-39(28-30-40)44-26-14-21-37-20-12-13-25-43(37)44/h2-21,23-35H,1,22H2/b33-15+. The van der Waals surface area contributed by atoms with Gasteiger partial charge in [-0.15, -0.1) is 6.58 Å². The molecule has 0 amide bonds. The molecule has 7 aromatic carbocycles. The van der Waals surface area contributed by atoms with Gasteiger partial charge in [0.05, 0.1) is 0 Å². The van der Waals surface area contributed by atoms with E-state index in [-0.39, 0.29) is 5.92 Å². The fourth-order valence-electron chi connectivity index (χ4n) is 6.39. The lowest BCUT2D eigenvalue weighted by atomic mass is 9.92. The van der Waals surface area contributed by atoms with E-state index >= 15 is 0 Å². The Morgan fingerprint density at radius 3 is 1.81 bits per heavy atom. The quantitative estimate of drug-likeness (QED) is 0.141. The van der Waals surface area contributed by atoms with Gasteiger partial charge in [-0.3, -0.25) is 0 Å². The molecule has 0 saturated heterocycles. The van der Waals surface area contributed by atoms with Gasteiger partial charge < -0.3 is 4.90 Å². The summed E-state index contributed by atoms with van der Waals surface area (Å²) in [4.78, 5) is 2.28. The molecule has 0 aromatic heterocycles. The van der Waals surface area contributed by atoms with Crippen LogP contribution in [0.2, 0.25) is 0 Å². The molecule has 7 aromatic rings. The molecule has 1 heteroatoms. The van der Waals surface area contributed by atoms with Gasteiger partial charge in [0.2, 0.25) is 0 Å². The fourth-order valence-corrected chi connectivity index (χ4v) is 6.39. The number of rotatable bonds is 10. The van der Waals surface area contributed by atoms with Crippen LogP contribution in [0.15, 0.2) is 201 Å². The zero-order chi connectivity index (χ0) is 31.8. The topological polar surface area (TPSA) is 3.24 Å². The van der Waals surface area contributed by atoms with Gasteiger partial charge >= 0.3 is 0 Å². The van der Waals surface area contributed by atoms with Crippen molar-refractivity contribution in [3.63, 3.8) is 0 Å². The van der Waals surface area contributed by atoms with Crippen LogP contribution in [0, 0.1) is 0 Å². The minimum absolute atomic E-state index is 0.254. The molecule has 1 atom stereocenters. The van der Waals surface area contributed by atoms with Gasteiger partial charge in [-0.2, -0.15) is 0 Å². The first-order chi connectivity index (χ1) is 23.3. The monoisotopic (exact) mass is 603 g/mol. The number of para-hydroxylation sites is 1. The Balaban J connectivity index is 1.26. The third-order valence-corrected chi connectivity index (χ3v) is 8.85. The van der Waals surface area contributed by atoms with Crippen LogP contribution < -0.4 is 4.90 Å². The van der Waals surface area contributed by atoms with Crippen LogP contribution in [-0.4, -0.2) is 0 Å². The molecule has 0 bridgehead atoms. The van der Waals surface area contributed by atoms with E-state index in [4.69, 9.17) is 0 Å². The summed E-state index contributed by atoms with van der Waals surface area (Å²) < 4.78 is 0. The normalized spacial score (nSPS) is 11.8. The van der Waals surface area contributed by atoms with Gasteiger partial charge in [0, 0.05) is 23.5 Å². The molecule has 1 nitrogen and oxygen atoms in total. The van der Waals surface area contributed by atoms with E-state index in [9.17, 15) is 0 Å². The number of benzene rings is 7. The van der Waals surface area contributed by atoms with Crippen molar-refractivity contribution < 1.29 is 0 Å². The van der Waals surface area contributed by atoms with E-state index in [0.29, 0.717) is 0 Å². The number of fused-ring (bicyclic) bond motifs is 1. The second-order valence-electron chi connectivity index (χ2n) is 11.8. The molecule has 1 unspecified atom stereocenters. The van der Waals surface area contributed by atoms with E-state index in [1.54, 1.807) is 0 Å². The van der Waals surface area contributed by atoms with Crippen LogP contribution in [0.5, 0.6) is 0 Å². The molecule has 0 aliphatic rings. The molecule has 7 rings (SSSR count). The Labute approximate surface area is 278 Å². The first-order valence-corrected chi connectivity index (χ1v) is 16.2. The number of nitrogens with zero attached hydrogens (tertiary/aromatic N) is 1. The summed E-state index contributed by atoms with van der Waals surface area (Å²) in [5, 5.41) is 2.53. The Kier molecular flexibility index (Phi) is 8.88. The van der Waals surface area contributed by atoms with Crippen molar-refractivity contribution in [3.8, 4) is 33.4 Å². The first kappa shape index (κ1) is 29.8. The van der Waals surface area contributed by atoms with Crippen molar-refractivity contribution in [1.29, 1.82) is 0 Å². The molecular formula is C46H37N. The predicted molar refractivity (Wildman–Crippen MR) is 202 cm³/mol. The molecule has 47 heavy (non-hydrogen) atoms. The Bertz CT molecular complexity index is 2110. The summed E-state index contributed by atoms with van der Waals surface area (Å²) in [6.45, 7) is 4.12. The maximum Gasteiger partial charge on any atom is 0.0461 e. The minimum Gasteiger partial charge on any atom is -0.317 e. The molecule has 0 saturated carbocycles. The van der Waals surface area contributed by atoms with Gasteiger partial charge in [-0.05, 0) is 80.4 Å². The highest BCUT2D eigenvalue weighted by molar-refractivity contribution is 5.97. The van der Waals surface area contributed by atoms with Gasteiger partial charge in [-0.25, -0.2) is 0 Å². The van der Waals surface area contributed by atoms with Crippen molar-refractivity contribution in [1.82, 2.24) is 0 Å². The molecule has 0 spiro atoms. The SMILES string of the molecule is C=CC(C/C=C/N(c1ccccc1)c1ccc(-c2ccc(-c3cccc4ccccc34)cc2)c(-c2ccccc2)c1)c1ccccc1. The Morgan fingerprint density at radius 2 is 1.09 bits per heavy atom. The van der Waals surface area contributed by atoms with Crippen LogP contribution in [0.25, 0.3) is 44.2 Å². The zero-order valence-corrected chi connectivity index (χ0v) is 26.4. The predicted octanol–water partition coefficient (Wildman–Crippen LogP) is 12.9. The van der Waals surface area contributed by atoms with E-state index < -0.39 is 0 Å². The van der Waals surface area contributed by atoms with Crippen molar-refractivity contribution in [3.05, 3.63) is 206 Å². The molecular weight excluding hydrogens is 567 g/mol. The molecule has 0 heterocycles. The molecule has 0 aliphatic heterocycles. The number of anilines is 2. The highest BCUT2D eigenvalue weighted by atomic mass is 15.1. The van der Waals surface area contributed by atoms with E-state index in [1.807, 2.05) is 6.08 Å². The lowest BCUT2D eigenvalue weighted by molar-refractivity contribution is 0.863. The average Bonchev–Trinajstić information content (AvgIpc) is 3.16. The zero-order valence-electron chi connectivity index (χ0n) is 26.4. The van der Waals surface area contributed by atoms with Crippen LogP contribution >= 0.6 is 0 Å². The highest BCUT2D eigenvalue weighted by Gasteiger charge is 2.14. The van der Waals surface area contributed by atoms with Crippen molar-refractivity contribution in [2.24, 2.45) is 0 Å². The largest absolute Gasteiger partial charge is 0.317 e. The highest BCUT2D eigenvalue weighted by Crippen LogP contribution is 2.39.